The number of esters is 1. The molecular formula is C45H66FN7O6. The molecule has 7 rings (SSSR count). The Morgan fingerprint density at radius 1 is 1.15 bits per heavy atom. The summed E-state index contributed by atoms with van der Waals surface area (Å²) >= 11 is 0. The molecule has 0 amide bonds. The van der Waals surface area contributed by atoms with E-state index < -0.39 is 5.41 Å². The van der Waals surface area contributed by atoms with Crippen LogP contribution in [0.2, 0.25) is 0 Å². The lowest BCUT2D eigenvalue weighted by Crippen LogP contribution is -2.70. The number of aldehydes is 1. The Hall–Kier alpha value is -3.66. The summed E-state index contributed by atoms with van der Waals surface area (Å²) in [7, 11) is 3.55. The van der Waals surface area contributed by atoms with Gasteiger partial charge in [0.25, 0.3) is 0 Å². The van der Waals surface area contributed by atoms with Crippen molar-refractivity contribution in [3.8, 4) is 11.3 Å². The van der Waals surface area contributed by atoms with Crippen LogP contribution in [0, 0.1) is 10.8 Å². The van der Waals surface area contributed by atoms with E-state index in [-0.39, 0.29) is 42.8 Å². The molecule has 1 aromatic carbocycles. The van der Waals surface area contributed by atoms with Crippen molar-refractivity contribution in [2.24, 2.45) is 10.8 Å². The Labute approximate surface area is 349 Å². The van der Waals surface area contributed by atoms with Crippen molar-refractivity contribution in [2.45, 2.75) is 91.1 Å². The molecule has 3 aromatic rings. The zero-order valence-corrected chi connectivity index (χ0v) is 36.3. The number of ether oxygens (including phenoxy) is 3. The fourth-order valence-electron chi connectivity index (χ4n) is 9.66. The molecule has 0 radical (unpaired) electrons. The van der Waals surface area contributed by atoms with Gasteiger partial charge in [0, 0.05) is 118 Å². The molecule has 3 unspecified atom stereocenters. The summed E-state index contributed by atoms with van der Waals surface area (Å²) in [4.78, 5) is 43.3. The van der Waals surface area contributed by atoms with Crippen molar-refractivity contribution in [1.82, 2.24) is 24.7 Å². The molecule has 59 heavy (non-hydrogen) atoms. The van der Waals surface area contributed by atoms with Gasteiger partial charge in [0.05, 0.1) is 55.2 Å². The van der Waals surface area contributed by atoms with Crippen molar-refractivity contribution < 1.29 is 33.3 Å². The highest BCUT2D eigenvalue weighted by molar-refractivity contribution is 5.95. The number of carbonyl (C=O) groups is 2. The first-order valence-electron chi connectivity index (χ1n) is 21.7. The van der Waals surface area contributed by atoms with E-state index in [9.17, 15) is 14.1 Å². The number of rotatable bonds is 21. The lowest BCUT2D eigenvalue weighted by Gasteiger charge is -2.58. The van der Waals surface area contributed by atoms with Gasteiger partial charge in [-0.3, -0.25) is 19.6 Å². The standard InChI is InChI=1S/C45H66FN7O6/c1-8-53-40-12-11-34(49(19-20-59-46)14-13-41(39(25-54)47-6)52-26-45(27-52)29-57-30-45)21-36(40)38(23-44(4,5)28-58-32(3)55)43(53)37-22-35(24-48-42(37)31(2)56-7)51-17-15-50(16-18-51)33-9-10-33/h11-12,21-22,24-25,31,33,39,41,47H,8-10,13-20,23,26-30H2,1-7H3. The first-order valence-corrected chi connectivity index (χ1v) is 21.7. The van der Waals surface area contributed by atoms with Crippen LogP contribution in [0.5, 0.6) is 0 Å². The molecule has 324 valence electrons. The molecule has 3 atom stereocenters. The average molecular weight is 820 g/mol. The molecule has 0 bridgehead atoms. The summed E-state index contributed by atoms with van der Waals surface area (Å²) in [6.45, 7) is 19.1. The molecule has 1 saturated carbocycles. The van der Waals surface area contributed by atoms with Crippen LogP contribution < -0.4 is 15.1 Å². The maximum atomic E-state index is 13.4. The molecule has 4 fully saturated rings. The minimum Gasteiger partial charge on any atom is -0.465 e. The minimum atomic E-state index is -0.410. The first-order chi connectivity index (χ1) is 28.4. The third kappa shape index (κ3) is 9.48. The maximum absolute atomic E-state index is 13.4. The Morgan fingerprint density at radius 2 is 1.90 bits per heavy atom. The smallest absolute Gasteiger partial charge is 0.302 e. The number of aryl methyl sites for hydroxylation is 1. The van der Waals surface area contributed by atoms with E-state index in [4.69, 9.17) is 19.2 Å². The third-order valence-electron chi connectivity index (χ3n) is 13.2. The number of carbonyl (C=O) groups excluding carboxylic acids is 2. The van der Waals surface area contributed by atoms with Crippen LogP contribution in [0.1, 0.15) is 71.2 Å². The number of piperazine rings is 1. The number of hydrogen-bond acceptors (Lipinski definition) is 12. The van der Waals surface area contributed by atoms with Crippen molar-refractivity contribution in [3.05, 3.63) is 41.7 Å². The van der Waals surface area contributed by atoms with Crippen LogP contribution >= 0.6 is 0 Å². The van der Waals surface area contributed by atoms with Gasteiger partial charge in [-0.2, -0.15) is 4.94 Å². The maximum Gasteiger partial charge on any atom is 0.302 e. The van der Waals surface area contributed by atoms with E-state index in [1.807, 2.05) is 20.2 Å². The van der Waals surface area contributed by atoms with Gasteiger partial charge in [-0.15, -0.1) is 0 Å². The quantitative estimate of drug-likeness (QED) is 0.109. The molecule has 1 aliphatic carbocycles. The second-order valence-electron chi connectivity index (χ2n) is 18.2. The fourth-order valence-corrected chi connectivity index (χ4v) is 9.66. The van der Waals surface area contributed by atoms with E-state index in [1.165, 1.54) is 19.8 Å². The van der Waals surface area contributed by atoms with E-state index in [2.05, 4.69) is 79.5 Å². The molecule has 2 aromatic heterocycles. The number of hydrogen-bond donors (Lipinski definition) is 1. The molecule has 1 spiro atoms. The second kappa shape index (κ2) is 18.5. The van der Waals surface area contributed by atoms with Gasteiger partial charge in [-0.05, 0) is 80.9 Å². The van der Waals surface area contributed by atoms with Gasteiger partial charge in [0.15, 0.2) is 0 Å². The highest BCUT2D eigenvalue weighted by atomic mass is 19.3. The fraction of sp³-hybridized carbons (Fsp3) is 0.667. The van der Waals surface area contributed by atoms with E-state index >= 15 is 0 Å². The predicted molar refractivity (Wildman–Crippen MR) is 229 cm³/mol. The highest BCUT2D eigenvalue weighted by Gasteiger charge is 2.51. The molecule has 13 nitrogen and oxygen atoms in total. The highest BCUT2D eigenvalue weighted by Crippen LogP contribution is 2.44. The van der Waals surface area contributed by atoms with E-state index in [1.54, 1.807) is 7.11 Å². The molecule has 14 heteroatoms. The number of anilines is 2. The number of methoxy groups -OCH3 is 1. The minimum absolute atomic E-state index is 0.0238. The molecule has 5 heterocycles. The summed E-state index contributed by atoms with van der Waals surface area (Å²) in [5.74, 6) is -0.306. The summed E-state index contributed by atoms with van der Waals surface area (Å²) < 4.78 is 33.0. The van der Waals surface area contributed by atoms with E-state index in [0.717, 1.165) is 110 Å². The van der Waals surface area contributed by atoms with Gasteiger partial charge in [0.2, 0.25) is 0 Å². The number of fused-ring (bicyclic) bond motifs is 1. The average Bonchev–Trinajstić information content (AvgIpc) is 4.02. The van der Waals surface area contributed by atoms with E-state index in [0.29, 0.717) is 32.5 Å². The number of pyridine rings is 1. The Bertz CT molecular complexity index is 1920. The number of aromatic nitrogens is 2. The zero-order chi connectivity index (χ0) is 41.9. The number of nitrogens with one attached hydrogen (secondary N) is 1. The van der Waals surface area contributed by atoms with Crippen LogP contribution in [0.3, 0.4) is 0 Å². The van der Waals surface area contributed by atoms with Gasteiger partial charge >= 0.3 is 5.97 Å². The Kier molecular flexibility index (Phi) is 13.6. The summed E-state index contributed by atoms with van der Waals surface area (Å²) in [6.07, 6.45) is 6.68. The van der Waals surface area contributed by atoms with Crippen molar-refractivity contribution >= 4 is 34.5 Å². The van der Waals surface area contributed by atoms with Crippen molar-refractivity contribution in [3.63, 3.8) is 0 Å². The molecule has 3 saturated heterocycles. The monoisotopic (exact) mass is 820 g/mol. The predicted octanol–water partition coefficient (Wildman–Crippen LogP) is 5.43. The summed E-state index contributed by atoms with van der Waals surface area (Å²) in [6, 6.07) is 9.21. The number of halogens is 1. The normalized spacial score (nSPS) is 20.0. The SMILES string of the molecule is CCn1c(-c2cc(N3CCN(C4CC4)CC3)cnc2C(C)OC)c(CC(C)(C)COC(C)=O)c2cc(N(CCOF)CCC(C(C=O)NC)N3CC4(COC4)C3)ccc21. The molecule has 4 aliphatic rings. The van der Waals surface area contributed by atoms with Gasteiger partial charge in [-0.25, -0.2) is 0 Å². The molecular weight excluding hydrogens is 754 g/mol. The lowest BCUT2D eigenvalue weighted by atomic mass is 9.76. The van der Waals surface area contributed by atoms with Gasteiger partial charge in [0.1, 0.15) is 12.9 Å². The molecule has 3 aliphatic heterocycles. The number of nitrogens with zero attached hydrogens (tertiary/aromatic N) is 6. The van der Waals surface area contributed by atoms with Gasteiger partial charge in [-0.1, -0.05) is 13.8 Å². The number of benzene rings is 1. The van der Waals surface area contributed by atoms with Crippen LogP contribution in [0.4, 0.5) is 15.9 Å². The lowest BCUT2D eigenvalue weighted by molar-refractivity contribution is -0.200. The van der Waals surface area contributed by atoms with Crippen LogP contribution in [-0.2, 0) is 41.7 Å². The third-order valence-corrected chi connectivity index (χ3v) is 13.2. The second-order valence-corrected chi connectivity index (χ2v) is 18.2. The summed E-state index contributed by atoms with van der Waals surface area (Å²) in [5.41, 5.74) is 7.02. The van der Waals surface area contributed by atoms with Crippen molar-refractivity contribution in [2.75, 3.05) is 103 Å². The largest absolute Gasteiger partial charge is 0.465 e. The van der Waals surface area contributed by atoms with Crippen LogP contribution in [-0.4, -0.2) is 143 Å². The first kappa shape index (κ1) is 43.4. The number of likely N-dealkylation sites (N-methyl/N-ethyl adjacent to an activating group) is 1. The molecule has 1 N–H and O–H groups in total. The van der Waals surface area contributed by atoms with Gasteiger partial charge < -0.3 is 38.7 Å². The van der Waals surface area contributed by atoms with Crippen molar-refractivity contribution in [1.29, 1.82) is 0 Å². The number of likely N-dealkylation sites (tertiary alicyclic amines) is 1. The zero-order valence-electron chi connectivity index (χ0n) is 36.3. The van der Waals surface area contributed by atoms with Crippen LogP contribution in [0.15, 0.2) is 30.5 Å². The topological polar surface area (TPSA) is 114 Å². The Balaban J connectivity index is 1.30. The van der Waals surface area contributed by atoms with Crippen LogP contribution in [0.25, 0.3) is 22.2 Å². The summed E-state index contributed by atoms with van der Waals surface area (Å²) in [5, 5.41) is 4.30. The Morgan fingerprint density at radius 3 is 2.49 bits per heavy atom.